The first-order valence-electron chi connectivity index (χ1n) is 13.4. The number of carboxylic acids is 1. The van der Waals surface area contributed by atoms with Crippen LogP contribution in [-0.2, 0) is 4.79 Å². The monoisotopic (exact) mass is 461 g/mol. The lowest BCUT2D eigenvalue weighted by atomic mass is 10.1. The normalized spacial score (nSPS) is 11.5. The number of hydrogen-bond acceptors (Lipinski definition) is 2. The zero-order chi connectivity index (χ0) is 22.9. The summed E-state index contributed by atoms with van der Waals surface area (Å²) in [5.41, 5.74) is 1.03. The maximum absolute atomic E-state index is 8.89. The molecule has 31 heavy (non-hydrogen) atoms. The molecule has 4 heteroatoms. The third-order valence-electron chi connectivity index (χ3n) is 5.95. The number of aliphatic carboxylic acids is 1. The molecule has 0 aliphatic rings. The molecule has 0 aromatic rings. The predicted molar refractivity (Wildman–Crippen MR) is 143 cm³/mol. The SMILES string of the molecule is CC(=O)[O-].CCCCCCCCP(CCCCCCCC)C(C)CCCCCCC.[NH4+]. The molecule has 0 radical (unpaired) electrons. The molecule has 3 nitrogen and oxygen atoms in total. The van der Waals surface area contributed by atoms with Gasteiger partial charge in [0.25, 0.3) is 0 Å². The fourth-order valence-corrected chi connectivity index (χ4v) is 6.88. The van der Waals surface area contributed by atoms with Crippen molar-refractivity contribution in [1.82, 2.24) is 6.15 Å². The third kappa shape index (κ3) is 32.1. The smallest absolute Gasteiger partial charge is 0.0383 e. The van der Waals surface area contributed by atoms with E-state index < -0.39 is 5.97 Å². The second-order valence-corrected chi connectivity index (χ2v) is 12.1. The van der Waals surface area contributed by atoms with E-state index in [4.69, 9.17) is 9.90 Å². The summed E-state index contributed by atoms with van der Waals surface area (Å²) < 4.78 is 0. The van der Waals surface area contributed by atoms with Crippen molar-refractivity contribution in [1.29, 1.82) is 0 Å². The summed E-state index contributed by atoms with van der Waals surface area (Å²) in [5.74, 6) is -1.08. The number of quaternary nitrogens is 1. The van der Waals surface area contributed by atoms with E-state index in [1.165, 1.54) is 116 Å². The Morgan fingerprint density at radius 2 is 0.935 bits per heavy atom. The Balaban J connectivity index is -0.00000143. The molecule has 0 aliphatic heterocycles. The summed E-state index contributed by atoms with van der Waals surface area (Å²) in [4.78, 5) is 8.89. The van der Waals surface area contributed by atoms with Crippen molar-refractivity contribution in [3.8, 4) is 0 Å². The molecule has 0 aromatic heterocycles. The summed E-state index contributed by atoms with van der Waals surface area (Å²) in [6.07, 6.45) is 29.5. The molecule has 0 saturated carbocycles. The van der Waals surface area contributed by atoms with E-state index >= 15 is 0 Å². The molecule has 0 aliphatic carbocycles. The molecule has 0 heterocycles. The Hall–Kier alpha value is -0.140. The molecule has 4 N–H and O–H groups in total. The molecule has 0 aromatic carbocycles. The van der Waals surface area contributed by atoms with E-state index in [1.807, 2.05) is 0 Å². The Labute approximate surface area is 198 Å². The van der Waals surface area contributed by atoms with Gasteiger partial charge in [-0.1, -0.05) is 124 Å². The minimum Gasteiger partial charge on any atom is -0.550 e. The van der Waals surface area contributed by atoms with Crippen molar-refractivity contribution < 1.29 is 9.90 Å². The first kappa shape index (κ1) is 35.4. The van der Waals surface area contributed by atoms with Gasteiger partial charge in [-0.3, -0.25) is 0 Å². The topological polar surface area (TPSA) is 76.6 Å². The summed E-state index contributed by atoms with van der Waals surface area (Å²) >= 11 is 0. The fraction of sp³-hybridized carbons (Fsp3) is 0.963. The highest BCUT2D eigenvalue weighted by molar-refractivity contribution is 7.58. The van der Waals surface area contributed by atoms with Crippen LogP contribution in [-0.4, -0.2) is 24.0 Å². The number of carbonyl (C=O) groups excluding carboxylic acids is 1. The molecule has 0 amide bonds. The molecule has 190 valence electrons. The lowest BCUT2D eigenvalue weighted by Gasteiger charge is -2.25. The minimum absolute atomic E-state index is 0. The highest BCUT2D eigenvalue weighted by Gasteiger charge is 2.15. The van der Waals surface area contributed by atoms with Crippen LogP contribution in [0.5, 0.6) is 0 Å². The van der Waals surface area contributed by atoms with Gasteiger partial charge < -0.3 is 16.1 Å². The van der Waals surface area contributed by atoms with Gasteiger partial charge in [0.1, 0.15) is 0 Å². The Kier molecular flexibility index (Phi) is 34.1. The summed E-state index contributed by atoms with van der Waals surface area (Å²) in [6.45, 7) is 10.5. The lowest BCUT2D eigenvalue weighted by molar-refractivity contribution is -0.302. The van der Waals surface area contributed by atoms with Crippen molar-refractivity contribution in [2.24, 2.45) is 0 Å². The van der Waals surface area contributed by atoms with Gasteiger partial charge in [0.2, 0.25) is 0 Å². The average Bonchev–Trinajstić information content (AvgIpc) is 2.70. The molecule has 0 bridgehead atoms. The maximum atomic E-state index is 8.89. The van der Waals surface area contributed by atoms with E-state index in [1.54, 1.807) is 12.3 Å². The molecular formula is C27H60NO2P. The van der Waals surface area contributed by atoms with Crippen LogP contribution in [0.2, 0.25) is 0 Å². The molecular weight excluding hydrogens is 401 g/mol. The highest BCUT2D eigenvalue weighted by Crippen LogP contribution is 2.45. The van der Waals surface area contributed by atoms with Gasteiger partial charge in [0.15, 0.2) is 0 Å². The second-order valence-electron chi connectivity index (χ2n) is 9.11. The van der Waals surface area contributed by atoms with Crippen LogP contribution in [0.15, 0.2) is 0 Å². The zero-order valence-corrected chi connectivity index (χ0v) is 23.4. The van der Waals surface area contributed by atoms with E-state index in [9.17, 15) is 0 Å². The first-order chi connectivity index (χ1) is 14.5. The Bertz CT molecular complexity index is 319. The number of rotatable bonds is 21. The fourth-order valence-electron chi connectivity index (χ4n) is 3.97. The Morgan fingerprint density at radius 1 is 0.645 bits per heavy atom. The van der Waals surface area contributed by atoms with Gasteiger partial charge in [-0.25, -0.2) is 0 Å². The number of carboxylic acid groups (broad SMARTS) is 1. The minimum atomic E-state index is -1.08. The van der Waals surface area contributed by atoms with Crippen LogP contribution < -0.4 is 11.3 Å². The number of hydrogen-bond donors (Lipinski definition) is 1. The predicted octanol–water partition coefficient (Wildman–Crippen LogP) is 9.07. The number of carbonyl (C=O) groups is 1. The van der Waals surface area contributed by atoms with Gasteiger partial charge >= 0.3 is 0 Å². The van der Waals surface area contributed by atoms with Gasteiger partial charge in [0, 0.05) is 5.97 Å². The van der Waals surface area contributed by atoms with Crippen LogP contribution in [0, 0.1) is 0 Å². The summed E-state index contributed by atoms with van der Waals surface area (Å²) in [6, 6.07) is 0. The van der Waals surface area contributed by atoms with Crippen molar-refractivity contribution >= 4 is 13.9 Å². The van der Waals surface area contributed by atoms with Crippen LogP contribution in [0.1, 0.15) is 150 Å². The highest BCUT2D eigenvalue weighted by atomic mass is 31.1. The maximum Gasteiger partial charge on any atom is 0.0383 e. The molecule has 0 rings (SSSR count). The quantitative estimate of drug-likeness (QED) is 0.137. The average molecular weight is 462 g/mol. The summed E-state index contributed by atoms with van der Waals surface area (Å²) in [5, 5.41) is 8.89. The zero-order valence-electron chi connectivity index (χ0n) is 22.5. The largest absolute Gasteiger partial charge is 0.550 e. The van der Waals surface area contributed by atoms with Gasteiger partial charge in [0.05, 0.1) is 0 Å². The van der Waals surface area contributed by atoms with Crippen LogP contribution in [0.4, 0.5) is 0 Å². The standard InChI is InChI=1S/C25H53P.C2H4O2.H3N/c1-5-8-11-14-17-20-23-26(24-21-18-15-12-9-6-2)25(4)22-19-16-13-10-7-3;1-2(3)4;/h25H,5-24H2,1-4H3;1H3,(H,3,4);1H3. The van der Waals surface area contributed by atoms with Crippen molar-refractivity contribution in [2.75, 3.05) is 12.3 Å². The van der Waals surface area contributed by atoms with Crippen LogP contribution >= 0.6 is 7.92 Å². The summed E-state index contributed by atoms with van der Waals surface area (Å²) in [7, 11) is 0.305. The molecule has 0 spiro atoms. The van der Waals surface area contributed by atoms with Crippen LogP contribution in [0.25, 0.3) is 0 Å². The van der Waals surface area contributed by atoms with Crippen molar-refractivity contribution in [3.05, 3.63) is 0 Å². The van der Waals surface area contributed by atoms with E-state index in [0.29, 0.717) is 7.92 Å². The lowest BCUT2D eigenvalue weighted by Crippen LogP contribution is -2.16. The van der Waals surface area contributed by atoms with E-state index in [0.717, 1.165) is 12.6 Å². The van der Waals surface area contributed by atoms with Gasteiger partial charge in [-0.2, -0.15) is 0 Å². The van der Waals surface area contributed by atoms with Crippen molar-refractivity contribution in [2.45, 2.75) is 156 Å². The Morgan fingerprint density at radius 3 is 1.29 bits per heavy atom. The third-order valence-corrected chi connectivity index (χ3v) is 9.23. The number of unbranched alkanes of at least 4 members (excludes halogenated alkanes) is 14. The van der Waals surface area contributed by atoms with E-state index in [2.05, 4.69) is 27.7 Å². The molecule has 0 fully saturated rings. The molecule has 0 saturated heterocycles. The van der Waals surface area contributed by atoms with Gasteiger partial charge in [-0.15, -0.1) is 7.92 Å². The van der Waals surface area contributed by atoms with E-state index in [-0.39, 0.29) is 6.15 Å². The molecule has 1 unspecified atom stereocenters. The molecule has 1 atom stereocenters. The second kappa shape index (κ2) is 29.9. The van der Waals surface area contributed by atoms with Crippen LogP contribution in [0.3, 0.4) is 0 Å². The van der Waals surface area contributed by atoms with Crippen molar-refractivity contribution in [3.63, 3.8) is 0 Å². The van der Waals surface area contributed by atoms with Gasteiger partial charge in [-0.05, 0) is 44.2 Å². The first-order valence-corrected chi connectivity index (χ1v) is 15.2.